The molecule has 0 bridgehead atoms. The van der Waals surface area contributed by atoms with Crippen LogP contribution in [-0.2, 0) is 10.2 Å². The van der Waals surface area contributed by atoms with Crippen LogP contribution in [0.5, 0.6) is 0 Å². The van der Waals surface area contributed by atoms with Crippen LogP contribution in [0.1, 0.15) is 66.6 Å². The molecule has 2 aliphatic rings. The summed E-state index contributed by atoms with van der Waals surface area (Å²) in [7, 11) is 0. The Morgan fingerprint density at radius 3 is 2.41 bits per heavy atom. The van der Waals surface area contributed by atoms with Crippen molar-refractivity contribution in [2.75, 3.05) is 0 Å². The summed E-state index contributed by atoms with van der Waals surface area (Å²) in [4.78, 5) is 28.3. The second-order valence-electron chi connectivity index (χ2n) is 8.13. The van der Waals surface area contributed by atoms with E-state index in [9.17, 15) is 14.7 Å². The van der Waals surface area contributed by atoms with Gasteiger partial charge in [-0.05, 0) is 81.0 Å². The Hall–Kier alpha value is -1.66. The SMILES string of the molecule is C[C@@]1(C(=O)O)c2ccccc2C(=O)N(C2CCCCC2)[C@@H]1c1ccc(Br)c(Br)c1. The molecule has 4 nitrogen and oxygen atoms in total. The molecule has 4 rings (SSSR count). The number of fused-ring (bicyclic) bond motifs is 1. The van der Waals surface area contributed by atoms with Crippen LogP contribution < -0.4 is 0 Å². The normalized spacial score (nSPS) is 25.0. The van der Waals surface area contributed by atoms with Crippen molar-refractivity contribution >= 4 is 43.7 Å². The summed E-state index contributed by atoms with van der Waals surface area (Å²) >= 11 is 7.05. The average Bonchev–Trinajstić information content (AvgIpc) is 2.73. The summed E-state index contributed by atoms with van der Waals surface area (Å²) in [5, 5.41) is 10.4. The van der Waals surface area contributed by atoms with Gasteiger partial charge in [0.2, 0.25) is 0 Å². The number of carboxylic acid groups (broad SMARTS) is 1. The summed E-state index contributed by atoms with van der Waals surface area (Å²) in [6, 6.07) is 12.4. The number of rotatable bonds is 3. The van der Waals surface area contributed by atoms with E-state index in [4.69, 9.17) is 0 Å². The van der Waals surface area contributed by atoms with Crippen molar-refractivity contribution in [1.82, 2.24) is 4.90 Å². The van der Waals surface area contributed by atoms with Crippen molar-refractivity contribution in [2.24, 2.45) is 0 Å². The minimum Gasteiger partial charge on any atom is -0.481 e. The zero-order chi connectivity index (χ0) is 20.8. The van der Waals surface area contributed by atoms with Crippen LogP contribution in [0, 0.1) is 0 Å². The third-order valence-corrected chi connectivity index (χ3v) is 8.33. The first-order valence-electron chi connectivity index (χ1n) is 9.96. The molecule has 152 valence electrons. The van der Waals surface area contributed by atoms with Crippen LogP contribution in [0.25, 0.3) is 0 Å². The number of nitrogens with zero attached hydrogens (tertiary/aromatic N) is 1. The molecule has 1 aliphatic heterocycles. The maximum Gasteiger partial charge on any atom is 0.316 e. The second kappa shape index (κ2) is 7.88. The number of carboxylic acids is 1. The van der Waals surface area contributed by atoms with E-state index in [-0.39, 0.29) is 11.9 Å². The molecule has 0 spiro atoms. The van der Waals surface area contributed by atoms with E-state index < -0.39 is 17.4 Å². The molecule has 0 aromatic heterocycles. The highest BCUT2D eigenvalue weighted by atomic mass is 79.9. The largest absolute Gasteiger partial charge is 0.481 e. The van der Waals surface area contributed by atoms with Gasteiger partial charge in [-0.1, -0.05) is 43.5 Å². The fourth-order valence-corrected chi connectivity index (χ4v) is 5.59. The van der Waals surface area contributed by atoms with Gasteiger partial charge in [-0.3, -0.25) is 9.59 Å². The molecule has 6 heteroatoms. The number of carbonyl (C=O) groups excluding carboxylic acids is 1. The third kappa shape index (κ3) is 3.34. The van der Waals surface area contributed by atoms with Gasteiger partial charge in [0.05, 0.1) is 6.04 Å². The number of amides is 1. The molecule has 2 aromatic rings. The number of halogens is 2. The van der Waals surface area contributed by atoms with Gasteiger partial charge in [0, 0.05) is 20.6 Å². The lowest BCUT2D eigenvalue weighted by Crippen LogP contribution is -2.57. The molecule has 1 saturated carbocycles. The van der Waals surface area contributed by atoms with Crippen molar-refractivity contribution < 1.29 is 14.7 Å². The Kier molecular flexibility index (Phi) is 5.60. The third-order valence-electron chi connectivity index (χ3n) is 6.45. The van der Waals surface area contributed by atoms with Crippen molar-refractivity contribution in [3.8, 4) is 0 Å². The topological polar surface area (TPSA) is 57.6 Å². The molecule has 0 radical (unpaired) electrons. The highest BCUT2D eigenvalue weighted by molar-refractivity contribution is 9.13. The van der Waals surface area contributed by atoms with Gasteiger partial charge in [-0.15, -0.1) is 0 Å². The molecule has 2 aromatic carbocycles. The summed E-state index contributed by atoms with van der Waals surface area (Å²) < 4.78 is 1.74. The van der Waals surface area contributed by atoms with Gasteiger partial charge >= 0.3 is 5.97 Å². The van der Waals surface area contributed by atoms with E-state index in [1.165, 1.54) is 6.42 Å². The Bertz CT molecular complexity index is 970. The molecule has 0 saturated heterocycles. The van der Waals surface area contributed by atoms with Crippen LogP contribution in [0.4, 0.5) is 0 Å². The lowest BCUT2D eigenvalue weighted by molar-refractivity contribution is -0.146. The minimum atomic E-state index is -1.24. The fraction of sp³-hybridized carbons (Fsp3) is 0.391. The van der Waals surface area contributed by atoms with Crippen molar-refractivity contribution in [1.29, 1.82) is 0 Å². The molecule has 29 heavy (non-hydrogen) atoms. The van der Waals surface area contributed by atoms with E-state index in [1.54, 1.807) is 19.1 Å². The lowest BCUT2D eigenvalue weighted by Gasteiger charge is -2.50. The summed E-state index contributed by atoms with van der Waals surface area (Å²) in [5.41, 5.74) is 0.692. The Morgan fingerprint density at radius 1 is 1.07 bits per heavy atom. The van der Waals surface area contributed by atoms with Gasteiger partial charge in [0.15, 0.2) is 0 Å². The first-order valence-corrected chi connectivity index (χ1v) is 11.5. The van der Waals surface area contributed by atoms with Crippen LogP contribution >= 0.6 is 31.9 Å². The summed E-state index contributed by atoms with van der Waals surface area (Å²) in [5.74, 6) is -0.974. The fourth-order valence-electron chi connectivity index (χ4n) is 4.95. The molecular weight excluding hydrogens is 498 g/mol. The van der Waals surface area contributed by atoms with E-state index in [0.717, 1.165) is 40.2 Å². The molecule has 1 N–H and O–H groups in total. The average molecular weight is 521 g/mol. The highest BCUT2D eigenvalue weighted by Crippen LogP contribution is 2.50. The standard InChI is InChI=1S/C23H23Br2NO3/c1-23(22(28)29)17-10-6-5-9-16(17)21(27)26(15-7-3-2-4-8-15)20(23)14-11-12-18(24)19(25)13-14/h5-6,9-13,15,20H,2-4,7-8H2,1H3,(H,28,29)/t20-,23-/m1/s1. The minimum absolute atomic E-state index is 0.0516. The maximum atomic E-state index is 13.7. The maximum absolute atomic E-state index is 13.7. The zero-order valence-electron chi connectivity index (χ0n) is 16.2. The molecule has 0 unspecified atom stereocenters. The van der Waals surface area contributed by atoms with Gasteiger partial charge in [0.25, 0.3) is 5.91 Å². The second-order valence-corrected chi connectivity index (χ2v) is 9.84. The molecule has 2 atom stereocenters. The lowest BCUT2D eigenvalue weighted by atomic mass is 9.67. The molecule has 1 amide bonds. The predicted molar refractivity (Wildman–Crippen MR) is 119 cm³/mol. The van der Waals surface area contributed by atoms with Crippen LogP contribution in [0.15, 0.2) is 51.4 Å². The monoisotopic (exact) mass is 519 g/mol. The highest BCUT2D eigenvalue weighted by Gasteiger charge is 2.55. The predicted octanol–water partition coefficient (Wildman–Crippen LogP) is 6.08. The van der Waals surface area contributed by atoms with E-state index in [0.29, 0.717) is 11.1 Å². The smallest absolute Gasteiger partial charge is 0.316 e. The zero-order valence-corrected chi connectivity index (χ0v) is 19.4. The van der Waals surface area contributed by atoms with Gasteiger partial charge in [-0.25, -0.2) is 0 Å². The molecule has 1 aliphatic carbocycles. The summed E-state index contributed by atoms with van der Waals surface area (Å²) in [6.45, 7) is 1.76. The van der Waals surface area contributed by atoms with Gasteiger partial charge in [0.1, 0.15) is 5.41 Å². The molecule has 1 fully saturated rings. The van der Waals surface area contributed by atoms with Crippen LogP contribution in [0.2, 0.25) is 0 Å². The number of aliphatic carboxylic acids is 1. The van der Waals surface area contributed by atoms with E-state index in [1.807, 2.05) is 35.2 Å². The van der Waals surface area contributed by atoms with Crippen molar-refractivity contribution in [3.63, 3.8) is 0 Å². The van der Waals surface area contributed by atoms with E-state index in [2.05, 4.69) is 31.9 Å². The van der Waals surface area contributed by atoms with Crippen molar-refractivity contribution in [3.05, 3.63) is 68.1 Å². The quantitative estimate of drug-likeness (QED) is 0.533. The van der Waals surface area contributed by atoms with Gasteiger partial charge < -0.3 is 10.0 Å². The molecule has 1 heterocycles. The Labute approximate surface area is 187 Å². The number of hydrogen-bond donors (Lipinski definition) is 1. The Morgan fingerprint density at radius 2 is 1.76 bits per heavy atom. The van der Waals surface area contributed by atoms with Crippen LogP contribution in [0.3, 0.4) is 0 Å². The van der Waals surface area contributed by atoms with Gasteiger partial charge in [-0.2, -0.15) is 0 Å². The Balaban J connectivity index is 1.98. The number of carbonyl (C=O) groups is 2. The number of benzene rings is 2. The first kappa shape index (κ1) is 20.6. The van der Waals surface area contributed by atoms with E-state index >= 15 is 0 Å². The van der Waals surface area contributed by atoms with Crippen LogP contribution in [-0.4, -0.2) is 27.9 Å². The molecular formula is C23H23Br2NO3. The number of hydrogen-bond acceptors (Lipinski definition) is 2. The first-order chi connectivity index (χ1) is 13.9. The van der Waals surface area contributed by atoms with Crippen molar-refractivity contribution in [2.45, 2.75) is 56.5 Å². The summed E-state index contributed by atoms with van der Waals surface area (Å²) in [6.07, 6.45) is 5.13.